The van der Waals surface area contributed by atoms with Crippen molar-refractivity contribution in [2.45, 2.75) is 179 Å². The summed E-state index contributed by atoms with van der Waals surface area (Å²) in [5.74, 6) is -1.14. The summed E-state index contributed by atoms with van der Waals surface area (Å²) in [4.78, 5) is 35.2. The monoisotopic (exact) mass is 954 g/mol. The zero-order valence-electron chi connectivity index (χ0n) is 37.8. The molecule has 20 unspecified atom stereocenters. The molecule has 0 aliphatic carbocycles. The third-order valence-electron chi connectivity index (χ3n) is 12.2. The summed E-state index contributed by atoms with van der Waals surface area (Å²) in [7, 11) is 0. The zero-order valence-corrected chi connectivity index (χ0v) is 37.8. The van der Waals surface area contributed by atoms with Gasteiger partial charge in [-0.1, -0.05) is 20.8 Å². The highest BCUT2D eigenvalue weighted by molar-refractivity contribution is 5.90. The molecule has 3 fully saturated rings. The fourth-order valence-electron chi connectivity index (χ4n) is 7.64. The molecule has 0 aromatic heterocycles. The van der Waals surface area contributed by atoms with Crippen molar-refractivity contribution in [3.8, 4) is 0 Å². The van der Waals surface area contributed by atoms with Gasteiger partial charge in [-0.2, -0.15) is 0 Å². The van der Waals surface area contributed by atoms with Crippen molar-refractivity contribution in [3.05, 3.63) is 34.0 Å². The Morgan fingerprint density at radius 3 is 1.23 bits per heavy atom. The molecule has 0 spiro atoms. The Bertz CT molecular complexity index is 1760. The standard InChI is InChI=1S/C15H24O8.C14H22O8.C13H20O8/c1-4-8-6(2)13(7(3)14(20)21-8)23-15-12(19)11(18)10(17)9(5-16)22-15;1-5-7(3)20-13(19)6(2)12(5)22-14-11(18)10(17)9(16)8(4-15)21-14;1-5-3-7(6(2)12(18)19-5)20-13-11(17)10(16)9(15)8(4-14)21-13/h6,8-12,15-19H,4-5H2,1-3H3;5,7-11,14-18H,4H2,1-3H3;5,8-11,13-17H,3-4H2,1-2H3. The van der Waals surface area contributed by atoms with E-state index in [0.29, 0.717) is 30.1 Å². The quantitative estimate of drug-likeness (QED) is 0.0736. The topological polar surface area (TPSA) is 377 Å². The lowest BCUT2D eigenvalue weighted by Gasteiger charge is -2.41. The van der Waals surface area contributed by atoms with Crippen molar-refractivity contribution < 1.29 is 118 Å². The number of carbonyl (C=O) groups excluding carboxylic acids is 3. The molecule has 378 valence electrons. The predicted octanol–water partition coefficient (Wildman–Crippen LogP) is -3.88. The summed E-state index contributed by atoms with van der Waals surface area (Å²) < 4.78 is 48.0. The van der Waals surface area contributed by atoms with Gasteiger partial charge in [0.1, 0.15) is 109 Å². The highest BCUT2D eigenvalue weighted by Crippen LogP contribution is 2.35. The molecule has 0 bridgehead atoms. The summed E-state index contributed by atoms with van der Waals surface area (Å²) in [5, 5.41) is 116. The highest BCUT2D eigenvalue weighted by Gasteiger charge is 2.49. The van der Waals surface area contributed by atoms with Gasteiger partial charge in [0.05, 0.1) is 48.4 Å². The number of hydrogen-bond donors (Lipinski definition) is 12. The van der Waals surface area contributed by atoms with Crippen LogP contribution in [0.5, 0.6) is 0 Å². The Hall–Kier alpha value is -3.57. The third kappa shape index (κ3) is 12.2. The second-order valence-corrected chi connectivity index (χ2v) is 16.9. The lowest BCUT2D eigenvalue weighted by molar-refractivity contribution is -0.294. The van der Waals surface area contributed by atoms with Gasteiger partial charge in [-0.05, 0) is 41.0 Å². The van der Waals surface area contributed by atoms with Gasteiger partial charge in [0.15, 0.2) is 0 Å². The van der Waals surface area contributed by atoms with Gasteiger partial charge in [-0.25, -0.2) is 14.4 Å². The van der Waals surface area contributed by atoms with E-state index < -0.39 is 136 Å². The van der Waals surface area contributed by atoms with Crippen molar-refractivity contribution in [2.75, 3.05) is 19.8 Å². The molecule has 0 amide bonds. The van der Waals surface area contributed by atoms with E-state index in [-0.39, 0.29) is 40.8 Å². The summed E-state index contributed by atoms with van der Waals surface area (Å²) in [6, 6.07) is 0. The minimum Gasteiger partial charge on any atom is -0.466 e. The Morgan fingerprint density at radius 1 is 0.470 bits per heavy atom. The van der Waals surface area contributed by atoms with Crippen molar-refractivity contribution in [3.63, 3.8) is 0 Å². The molecule has 6 aliphatic rings. The summed E-state index contributed by atoms with van der Waals surface area (Å²) in [6.07, 6.45) is -20.8. The van der Waals surface area contributed by atoms with E-state index in [1.807, 2.05) is 13.8 Å². The van der Waals surface area contributed by atoms with Crippen LogP contribution in [-0.4, -0.2) is 209 Å². The molecule has 6 aliphatic heterocycles. The molecule has 0 aromatic carbocycles. The van der Waals surface area contributed by atoms with Crippen LogP contribution in [-0.2, 0) is 57.0 Å². The number of cyclic esters (lactones) is 3. The van der Waals surface area contributed by atoms with Crippen LogP contribution in [0.15, 0.2) is 34.0 Å². The first-order chi connectivity index (χ1) is 30.9. The van der Waals surface area contributed by atoms with E-state index in [2.05, 4.69) is 0 Å². The van der Waals surface area contributed by atoms with Gasteiger partial charge in [0.25, 0.3) is 0 Å². The van der Waals surface area contributed by atoms with Gasteiger partial charge >= 0.3 is 17.9 Å². The average Bonchev–Trinajstić information content (AvgIpc) is 3.29. The van der Waals surface area contributed by atoms with E-state index in [1.54, 1.807) is 27.7 Å². The lowest BCUT2D eigenvalue weighted by Crippen LogP contribution is -2.59. The zero-order chi connectivity index (χ0) is 49.6. The molecule has 20 atom stereocenters. The predicted molar refractivity (Wildman–Crippen MR) is 217 cm³/mol. The van der Waals surface area contributed by atoms with Crippen molar-refractivity contribution >= 4 is 17.9 Å². The molecule has 0 radical (unpaired) electrons. The SMILES string of the molecule is CC1=C(OC2OC(CO)C(O)C(O)C2O)C(C)C(C)OC1=O.CC1=C(OC2OC(CO)C(O)C(O)C2O)CC(C)OC1=O.CCC1OC(=O)C(C)=C(OC2OC(CO)C(O)C(O)C2O)C1C. The third-order valence-corrected chi connectivity index (χ3v) is 12.2. The van der Waals surface area contributed by atoms with Crippen LogP contribution in [0.3, 0.4) is 0 Å². The number of ether oxygens (including phenoxy) is 9. The van der Waals surface area contributed by atoms with Crippen LogP contribution in [0.25, 0.3) is 0 Å². The van der Waals surface area contributed by atoms with Gasteiger partial charge in [0.2, 0.25) is 18.9 Å². The van der Waals surface area contributed by atoms with E-state index in [1.165, 1.54) is 13.8 Å². The maximum Gasteiger partial charge on any atom is 0.337 e. The largest absolute Gasteiger partial charge is 0.466 e. The molecule has 3 saturated heterocycles. The first kappa shape index (κ1) is 55.0. The minimum atomic E-state index is -1.53. The van der Waals surface area contributed by atoms with E-state index in [9.17, 15) is 65.4 Å². The van der Waals surface area contributed by atoms with Crippen molar-refractivity contribution in [2.24, 2.45) is 11.8 Å². The molecular formula is C42H66O24. The van der Waals surface area contributed by atoms with Crippen molar-refractivity contribution in [1.82, 2.24) is 0 Å². The maximum atomic E-state index is 11.9. The normalized spacial score (nSPS) is 41.9. The average molecular weight is 955 g/mol. The summed E-state index contributed by atoms with van der Waals surface area (Å²) >= 11 is 0. The highest BCUT2D eigenvalue weighted by atomic mass is 16.7. The molecular weight excluding hydrogens is 888 g/mol. The maximum absolute atomic E-state index is 11.9. The van der Waals surface area contributed by atoms with Gasteiger partial charge in [-0.3, -0.25) is 0 Å². The second kappa shape index (κ2) is 23.6. The number of aliphatic hydroxyl groups is 12. The fraction of sp³-hybridized carbons (Fsp3) is 0.786. The smallest absolute Gasteiger partial charge is 0.337 e. The molecule has 24 heteroatoms. The van der Waals surface area contributed by atoms with Crippen LogP contribution in [0.4, 0.5) is 0 Å². The van der Waals surface area contributed by atoms with Gasteiger partial charge < -0.3 is 104 Å². The van der Waals surface area contributed by atoms with Crippen molar-refractivity contribution in [1.29, 1.82) is 0 Å². The summed E-state index contributed by atoms with van der Waals surface area (Å²) in [5.41, 5.74) is 0.770. The van der Waals surface area contributed by atoms with E-state index in [0.717, 1.165) is 0 Å². The number of rotatable bonds is 10. The number of esters is 3. The Morgan fingerprint density at radius 2 is 0.833 bits per heavy atom. The lowest BCUT2D eigenvalue weighted by atomic mass is 9.94. The molecule has 0 saturated carbocycles. The molecule has 66 heavy (non-hydrogen) atoms. The first-order valence-corrected chi connectivity index (χ1v) is 21.6. The molecule has 24 nitrogen and oxygen atoms in total. The van der Waals surface area contributed by atoms with Crippen LogP contribution in [0.1, 0.15) is 68.2 Å². The number of hydrogen-bond acceptors (Lipinski definition) is 24. The number of aliphatic hydroxyl groups excluding tert-OH is 12. The van der Waals surface area contributed by atoms with Gasteiger partial charge in [-0.15, -0.1) is 0 Å². The van der Waals surface area contributed by atoms with Crippen LogP contribution < -0.4 is 0 Å². The van der Waals surface area contributed by atoms with E-state index in [4.69, 9.17) is 52.8 Å². The molecule has 12 N–H and O–H groups in total. The fourth-order valence-corrected chi connectivity index (χ4v) is 7.64. The first-order valence-electron chi connectivity index (χ1n) is 21.6. The second-order valence-electron chi connectivity index (χ2n) is 16.9. The molecule has 0 aromatic rings. The summed E-state index contributed by atoms with van der Waals surface area (Å²) in [6.45, 7) is 11.9. The minimum absolute atomic E-state index is 0.245. The number of carbonyl (C=O) groups is 3. The Labute approximate surface area is 380 Å². The Kier molecular flexibility index (Phi) is 19.7. The van der Waals surface area contributed by atoms with E-state index >= 15 is 0 Å². The molecule has 6 rings (SSSR count). The van der Waals surface area contributed by atoms with Gasteiger partial charge in [0, 0.05) is 6.42 Å². The molecule has 6 heterocycles. The van der Waals surface area contributed by atoms with Crippen LogP contribution in [0.2, 0.25) is 0 Å². The van der Waals surface area contributed by atoms with Crippen LogP contribution in [0, 0.1) is 11.8 Å². The van der Waals surface area contributed by atoms with Crippen LogP contribution >= 0.6 is 0 Å². The Balaban J connectivity index is 0.000000217.